The molecule has 8 heteroatoms. The zero-order valence-corrected chi connectivity index (χ0v) is 20.0. The Hall–Kier alpha value is -2.36. The van der Waals surface area contributed by atoms with E-state index in [2.05, 4.69) is 27.8 Å². The van der Waals surface area contributed by atoms with Gasteiger partial charge in [-0.05, 0) is 54.7 Å². The lowest BCUT2D eigenvalue weighted by atomic mass is 9.99. The van der Waals surface area contributed by atoms with Crippen LogP contribution < -0.4 is 21.1 Å². The minimum absolute atomic E-state index is 0. The fraction of sp³-hybridized carbons (Fsp3) is 0.391. The van der Waals surface area contributed by atoms with Crippen LogP contribution in [0.5, 0.6) is 5.75 Å². The molecule has 0 fully saturated rings. The second-order valence-electron chi connectivity index (χ2n) is 7.37. The molecule has 2 aromatic rings. The number of amides is 1. The van der Waals surface area contributed by atoms with E-state index in [0.29, 0.717) is 25.5 Å². The molecule has 4 N–H and O–H groups in total. The number of hydrogen-bond donors (Lipinski definition) is 3. The molecular weight excluding hydrogens is 510 g/mol. The highest BCUT2D eigenvalue weighted by molar-refractivity contribution is 14.0. The second-order valence-corrected chi connectivity index (χ2v) is 7.37. The Balaban J connectivity index is 0.00000341. The molecule has 1 aliphatic rings. The molecule has 1 amide bonds. The highest BCUT2D eigenvalue weighted by Gasteiger charge is 2.16. The van der Waals surface area contributed by atoms with Crippen LogP contribution in [0.25, 0.3) is 0 Å². The van der Waals surface area contributed by atoms with Crippen molar-refractivity contribution in [3.05, 3.63) is 65.0 Å². The first-order chi connectivity index (χ1) is 14.5. The lowest BCUT2D eigenvalue weighted by molar-refractivity contribution is -0.121. The average Bonchev–Trinajstić information content (AvgIpc) is 3.20. The summed E-state index contributed by atoms with van der Waals surface area (Å²) >= 11 is 0. The van der Waals surface area contributed by atoms with E-state index in [1.54, 1.807) is 12.1 Å². The molecule has 0 radical (unpaired) electrons. The van der Waals surface area contributed by atoms with Gasteiger partial charge in [-0.2, -0.15) is 0 Å². The number of nitrogens with zero attached hydrogens (tertiary/aromatic N) is 1. The average molecular weight is 540 g/mol. The van der Waals surface area contributed by atoms with Gasteiger partial charge in [0.25, 0.3) is 0 Å². The SMILES string of the molecule is CCNC(=NCC(Cc1ccc(F)cc1)C(N)=O)NCCc1ccc2c(c1)CCO2.I. The number of ether oxygens (including phenoxy) is 1. The van der Waals surface area contributed by atoms with E-state index in [1.165, 1.54) is 23.3 Å². The standard InChI is InChI=1S/C23H29FN4O2.HI/c1-2-26-23(27-11-9-17-5-8-21-18(13-17)10-12-30-21)28-15-19(22(25)29)14-16-3-6-20(24)7-4-16;/h3-8,13,19H,2,9-12,14-15H2,1H3,(H2,25,29)(H2,26,27,28);1H. The number of primary amides is 1. The summed E-state index contributed by atoms with van der Waals surface area (Å²) in [5.41, 5.74) is 8.92. The second kappa shape index (κ2) is 12.5. The zero-order valence-electron chi connectivity index (χ0n) is 17.7. The third-order valence-corrected chi connectivity index (χ3v) is 5.07. The lowest BCUT2D eigenvalue weighted by Gasteiger charge is -2.15. The third kappa shape index (κ3) is 7.68. The molecule has 0 aliphatic carbocycles. The van der Waals surface area contributed by atoms with Crippen LogP contribution in [-0.2, 0) is 24.1 Å². The highest BCUT2D eigenvalue weighted by Crippen LogP contribution is 2.25. The zero-order chi connectivity index (χ0) is 21.3. The van der Waals surface area contributed by atoms with Gasteiger partial charge in [0, 0.05) is 19.5 Å². The van der Waals surface area contributed by atoms with Crippen molar-refractivity contribution in [1.29, 1.82) is 0 Å². The molecule has 0 bridgehead atoms. The monoisotopic (exact) mass is 540 g/mol. The van der Waals surface area contributed by atoms with Crippen molar-refractivity contribution < 1.29 is 13.9 Å². The van der Waals surface area contributed by atoms with Crippen molar-refractivity contribution in [2.75, 3.05) is 26.2 Å². The Morgan fingerprint density at radius 2 is 1.94 bits per heavy atom. The Bertz CT molecular complexity index is 890. The molecule has 0 saturated heterocycles. The van der Waals surface area contributed by atoms with Crippen molar-refractivity contribution >= 4 is 35.8 Å². The van der Waals surface area contributed by atoms with Crippen LogP contribution in [0.3, 0.4) is 0 Å². The van der Waals surface area contributed by atoms with E-state index < -0.39 is 11.8 Å². The largest absolute Gasteiger partial charge is 0.493 e. The minimum atomic E-state index is -0.456. The van der Waals surface area contributed by atoms with Crippen LogP contribution in [0.4, 0.5) is 4.39 Å². The highest BCUT2D eigenvalue weighted by atomic mass is 127. The summed E-state index contributed by atoms with van der Waals surface area (Å²) in [5.74, 6) is 0.455. The van der Waals surface area contributed by atoms with E-state index in [0.717, 1.165) is 30.8 Å². The van der Waals surface area contributed by atoms with Gasteiger partial charge in [0.15, 0.2) is 5.96 Å². The minimum Gasteiger partial charge on any atom is -0.493 e. The number of rotatable bonds is 9. The number of nitrogens with two attached hydrogens (primary N) is 1. The predicted octanol–water partition coefficient (Wildman–Crippen LogP) is 2.82. The van der Waals surface area contributed by atoms with Crippen LogP contribution in [0, 0.1) is 11.7 Å². The van der Waals surface area contributed by atoms with Crippen molar-refractivity contribution in [2.45, 2.75) is 26.2 Å². The van der Waals surface area contributed by atoms with Crippen molar-refractivity contribution in [3.63, 3.8) is 0 Å². The molecule has 0 aromatic heterocycles. The maximum atomic E-state index is 13.1. The summed E-state index contributed by atoms with van der Waals surface area (Å²) in [6.45, 7) is 4.43. The maximum absolute atomic E-state index is 13.1. The summed E-state index contributed by atoms with van der Waals surface area (Å²) in [6.07, 6.45) is 2.24. The molecule has 168 valence electrons. The summed E-state index contributed by atoms with van der Waals surface area (Å²) in [6, 6.07) is 12.4. The topological polar surface area (TPSA) is 88.7 Å². The van der Waals surface area contributed by atoms with Gasteiger partial charge in [0.1, 0.15) is 11.6 Å². The van der Waals surface area contributed by atoms with Crippen LogP contribution in [0.15, 0.2) is 47.5 Å². The molecule has 0 spiro atoms. The van der Waals surface area contributed by atoms with Crippen LogP contribution in [0.1, 0.15) is 23.6 Å². The molecule has 3 rings (SSSR count). The molecule has 0 saturated carbocycles. The Morgan fingerprint density at radius 3 is 2.65 bits per heavy atom. The van der Waals surface area contributed by atoms with E-state index >= 15 is 0 Å². The lowest BCUT2D eigenvalue weighted by Crippen LogP contribution is -2.39. The molecule has 31 heavy (non-hydrogen) atoms. The van der Waals surface area contributed by atoms with Crippen LogP contribution in [0.2, 0.25) is 0 Å². The first-order valence-electron chi connectivity index (χ1n) is 10.4. The quantitative estimate of drug-likeness (QED) is 0.260. The van der Waals surface area contributed by atoms with E-state index in [4.69, 9.17) is 10.5 Å². The summed E-state index contributed by atoms with van der Waals surface area (Å²) in [5, 5.41) is 6.50. The molecule has 2 aromatic carbocycles. The summed E-state index contributed by atoms with van der Waals surface area (Å²) < 4.78 is 18.6. The summed E-state index contributed by atoms with van der Waals surface area (Å²) in [7, 11) is 0. The molecular formula is C23H30FIN4O2. The molecule has 1 unspecified atom stereocenters. The molecule has 1 heterocycles. The number of fused-ring (bicyclic) bond motifs is 1. The van der Waals surface area contributed by atoms with Gasteiger partial charge >= 0.3 is 0 Å². The van der Waals surface area contributed by atoms with Gasteiger partial charge in [-0.25, -0.2) is 4.39 Å². The van der Waals surface area contributed by atoms with Gasteiger partial charge in [0.2, 0.25) is 5.91 Å². The summed E-state index contributed by atoms with van der Waals surface area (Å²) in [4.78, 5) is 16.4. The van der Waals surface area contributed by atoms with E-state index in [9.17, 15) is 9.18 Å². The number of carbonyl (C=O) groups excluding carboxylic acids is 1. The fourth-order valence-corrected chi connectivity index (χ4v) is 3.42. The van der Waals surface area contributed by atoms with Crippen LogP contribution >= 0.6 is 24.0 Å². The van der Waals surface area contributed by atoms with Crippen molar-refractivity contribution in [1.82, 2.24) is 10.6 Å². The Kier molecular flexibility index (Phi) is 10.0. The van der Waals surface area contributed by atoms with Gasteiger partial charge in [-0.3, -0.25) is 9.79 Å². The third-order valence-electron chi connectivity index (χ3n) is 5.07. The predicted molar refractivity (Wildman–Crippen MR) is 132 cm³/mol. The van der Waals surface area contributed by atoms with Crippen LogP contribution in [-0.4, -0.2) is 38.1 Å². The van der Waals surface area contributed by atoms with Gasteiger partial charge < -0.3 is 21.1 Å². The van der Waals surface area contributed by atoms with E-state index in [-0.39, 0.29) is 36.3 Å². The molecule has 1 atom stereocenters. The Labute approximate surface area is 199 Å². The van der Waals surface area contributed by atoms with Crippen molar-refractivity contribution in [3.8, 4) is 5.75 Å². The smallest absolute Gasteiger partial charge is 0.222 e. The number of guanidine groups is 1. The van der Waals surface area contributed by atoms with Gasteiger partial charge in [-0.1, -0.05) is 24.3 Å². The molecule has 6 nitrogen and oxygen atoms in total. The number of aliphatic imine (C=N–C) groups is 1. The van der Waals surface area contributed by atoms with E-state index in [1.807, 2.05) is 13.0 Å². The number of halogens is 2. The first-order valence-corrected chi connectivity index (χ1v) is 10.4. The normalized spacial score (nSPS) is 13.5. The fourth-order valence-electron chi connectivity index (χ4n) is 3.42. The van der Waals surface area contributed by atoms with Gasteiger partial charge in [-0.15, -0.1) is 24.0 Å². The van der Waals surface area contributed by atoms with Gasteiger partial charge in [0.05, 0.1) is 19.1 Å². The maximum Gasteiger partial charge on any atom is 0.222 e. The number of hydrogen-bond acceptors (Lipinski definition) is 3. The first kappa shape index (κ1) is 24.9. The number of carbonyl (C=O) groups is 1. The van der Waals surface area contributed by atoms with Crippen molar-refractivity contribution in [2.24, 2.45) is 16.6 Å². The Morgan fingerprint density at radius 1 is 1.19 bits per heavy atom. The number of benzene rings is 2. The molecule has 1 aliphatic heterocycles. The number of nitrogens with one attached hydrogen (secondary N) is 2.